The van der Waals surface area contributed by atoms with Gasteiger partial charge in [0.05, 0.1) is 6.61 Å². The highest BCUT2D eigenvalue weighted by molar-refractivity contribution is 5.14. The van der Waals surface area contributed by atoms with E-state index in [0.717, 1.165) is 12.1 Å². The molecule has 2 rings (SSSR count). The summed E-state index contributed by atoms with van der Waals surface area (Å²) in [4.78, 5) is 3.96. The Morgan fingerprint density at radius 2 is 1.93 bits per heavy atom. The first-order chi connectivity index (χ1) is 6.88. The van der Waals surface area contributed by atoms with E-state index >= 15 is 0 Å². The van der Waals surface area contributed by atoms with E-state index < -0.39 is 0 Å². The summed E-state index contributed by atoms with van der Waals surface area (Å²) < 4.78 is 2.04. The molecule has 3 nitrogen and oxygen atoms in total. The molecule has 1 N–H and O–H groups in total. The molecule has 0 aromatic carbocycles. The van der Waals surface area contributed by atoms with Crippen LogP contribution in [0, 0.1) is 0 Å². The van der Waals surface area contributed by atoms with Gasteiger partial charge in [0.25, 0.3) is 0 Å². The zero-order valence-corrected chi connectivity index (χ0v) is 7.80. The van der Waals surface area contributed by atoms with E-state index in [1.54, 1.807) is 12.4 Å². The van der Waals surface area contributed by atoms with E-state index in [9.17, 15) is 0 Å². The predicted molar refractivity (Wildman–Crippen MR) is 53.7 cm³/mol. The lowest BCUT2D eigenvalue weighted by Gasteiger charge is -2.01. The third-order valence-corrected chi connectivity index (χ3v) is 2.11. The van der Waals surface area contributed by atoms with Crippen molar-refractivity contribution in [3.63, 3.8) is 0 Å². The van der Waals surface area contributed by atoms with Crippen molar-refractivity contribution in [1.82, 2.24) is 9.55 Å². The molecule has 0 bridgehead atoms. The molecule has 0 fully saturated rings. The summed E-state index contributed by atoms with van der Waals surface area (Å²) in [5, 5.41) is 8.89. The van der Waals surface area contributed by atoms with Gasteiger partial charge in [0.15, 0.2) is 0 Å². The monoisotopic (exact) mass is 188 g/mol. The third kappa shape index (κ3) is 2.00. The highest BCUT2D eigenvalue weighted by Gasteiger charge is 1.96. The lowest BCUT2D eigenvalue weighted by molar-refractivity contribution is 0.282. The van der Waals surface area contributed by atoms with Crippen LogP contribution in [0.25, 0.3) is 0 Å². The number of aliphatic hydroxyl groups is 1. The number of aliphatic hydroxyl groups excluding tert-OH is 1. The van der Waals surface area contributed by atoms with Gasteiger partial charge < -0.3 is 9.67 Å². The van der Waals surface area contributed by atoms with Gasteiger partial charge in [-0.15, -0.1) is 0 Å². The molecule has 0 radical (unpaired) electrons. The lowest BCUT2D eigenvalue weighted by atomic mass is 10.3. The van der Waals surface area contributed by atoms with Gasteiger partial charge in [-0.05, 0) is 29.3 Å². The minimum absolute atomic E-state index is 0.101. The summed E-state index contributed by atoms with van der Waals surface area (Å²) in [6.45, 7) is 0.922. The summed E-state index contributed by atoms with van der Waals surface area (Å²) in [7, 11) is 0. The topological polar surface area (TPSA) is 38.0 Å². The van der Waals surface area contributed by atoms with E-state index in [-0.39, 0.29) is 6.61 Å². The Labute approximate surface area is 82.7 Å². The average molecular weight is 188 g/mol. The van der Waals surface area contributed by atoms with Crippen LogP contribution in [0.5, 0.6) is 0 Å². The fourth-order valence-electron chi connectivity index (χ4n) is 1.38. The molecule has 0 amide bonds. The highest BCUT2D eigenvalue weighted by atomic mass is 16.3. The van der Waals surface area contributed by atoms with Crippen LogP contribution >= 0.6 is 0 Å². The van der Waals surface area contributed by atoms with Crippen molar-refractivity contribution in [2.75, 3.05) is 0 Å². The Morgan fingerprint density at radius 1 is 1.14 bits per heavy atom. The molecule has 0 atom stereocenters. The second-order valence-electron chi connectivity index (χ2n) is 3.21. The zero-order valence-electron chi connectivity index (χ0n) is 7.80. The number of rotatable bonds is 3. The second kappa shape index (κ2) is 4.07. The molecule has 2 aromatic rings. The van der Waals surface area contributed by atoms with Gasteiger partial charge in [0.2, 0.25) is 0 Å². The molecule has 0 aliphatic heterocycles. The minimum atomic E-state index is 0.101. The molecule has 0 aliphatic rings. The maximum absolute atomic E-state index is 8.89. The number of hydrogen-bond donors (Lipinski definition) is 1. The summed E-state index contributed by atoms with van der Waals surface area (Å²) in [5.74, 6) is 0. The number of nitrogens with zero attached hydrogens (tertiary/aromatic N) is 2. The van der Waals surface area contributed by atoms with Gasteiger partial charge in [-0.1, -0.05) is 0 Å². The van der Waals surface area contributed by atoms with E-state index in [2.05, 4.69) is 4.98 Å². The van der Waals surface area contributed by atoms with Crippen molar-refractivity contribution in [3.8, 4) is 0 Å². The Bertz CT molecular complexity index is 395. The van der Waals surface area contributed by atoms with E-state index in [1.807, 2.05) is 35.2 Å². The van der Waals surface area contributed by atoms with Crippen molar-refractivity contribution in [1.29, 1.82) is 0 Å². The average Bonchev–Trinajstić information content (AvgIpc) is 2.67. The van der Waals surface area contributed by atoms with Crippen LogP contribution in [0.15, 0.2) is 43.0 Å². The summed E-state index contributed by atoms with van der Waals surface area (Å²) in [5.41, 5.74) is 2.15. The molecule has 0 aliphatic carbocycles. The fraction of sp³-hybridized carbons (Fsp3) is 0.182. The van der Waals surface area contributed by atoms with Crippen molar-refractivity contribution in [3.05, 3.63) is 54.1 Å². The molecular weight excluding hydrogens is 176 g/mol. The Morgan fingerprint density at radius 3 is 2.57 bits per heavy atom. The van der Waals surface area contributed by atoms with E-state index in [1.165, 1.54) is 5.56 Å². The predicted octanol–water partition coefficient (Wildman–Crippen LogP) is 1.42. The third-order valence-electron chi connectivity index (χ3n) is 2.11. The molecule has 0 saturated heterocycles. The molecule has 0 saturated carbocycles. The first kappa shape index (κ1) is 8.97. The minimum Gasteiger partial charge on any atom is -0.392 e. The molecule has 2 heterocycles. The first-order valence-electron chi connectivity index (χ1n) is 4.53. The fourth-order valence-corrected chi connectivity index (χ4v) is 1.38. The smallest absolute Gasteiger partial charge is 0.0696 e. The van der Waals surface area contributed by atoms with Gasteiger partial charge in [0, 0.05) is 31.3 Å². The van der Waals surface area contributed by atoms with Gasteiger partial charge in [-0.25, -0.2) is 0 Å². The van der Waals surface area contributed by atoms with Crippen molar-refractivity contribution in [2.24, 2.45) is 0 Å². The standard InChI is InChI=1S/C11H12N2O/c14-9-11-3-6-13(8-11)7-10-1-4-12-5-2-10/h1-6,8,14H,7,9H2. The Balaban J connectivity index is 2.11. The number of hydrogen-bond acceptors (Lipinski definition) is 2. The van der Waals surface area contributed by atoms with Gasteiger partial charge in [-0.2, -0.15) is 0 Å². The molecule has 14 heavy (non-hydrogen) atoms. The number of aromatic nitrogens is 2. The zero-order chi connectivity index (χ0) is 9.80. The summed E-state index contributed by atoms with van der Waals surface area (Å²) >= 11 is 0. The quantitative estimate of drug-likeness (QED) is 0.791. The molecule has 3 heteroatoms. The highest BCUT2D eigenvalue weighted by Crippen LogP contribution is 2.05. The van der Waals surface area contributed by atoms with Gasteiger partial charge in [-0.3, -0.25) is 4.98 Å². The van der Waals surface area contributed by atoms with Crippen molar-refractivity contribution < 1.29 is 5.11 Å². The number of pyridine rings is 1. The van der Waals surface area contributed by atoms with Gasteiger partial charge in [0.1, 0.15) is 0 Å². The maximum Gasteiger partial charge on any atom is 0.0696 e. The molecular formula is C11H12N2O. The first-order valence-corrected chi connectivity index (χ1v) is 4.53. The Hall–Kier alpha value is -1.61. The van der Waals surface area contributed by atoms with Crippen LogP contribution in [0.3, 0.4) is 0 Å². The molecule has 0 spiro atoms. The van der Waals surface area contributed by atoms with Crippen molar-refractivity contribution in [2.45, 2.75) is 13.2 Å². The largest absolute Gasteiger partial charge is 0.392 e. The van der Waals surface area contributed by atoms with E-state index in [0.29, 0.717) is 0 Å². The van der Waals surface area contributed by atoms with Crippen LogP contribution in [0.2, 0.25) is 0 Å². The van der Waals surface area contributed by atoms with Crippen LogP contribution in [0.1, 0.15) is 11.1 Å². The summed E-state index contributed by atoms with van der Waals surface area (Å²) in [6, 6.07) is 5.89. The molecule has 2 aromatic heterocycles. The summed E-state index contributed by atoms with van der Waals surface area (Å²) in [6.07, 6.45) is 7.48. The van der Waals surface area contributed by atoms with Crippen LogP contribution < -0.4 is 0 Å². The SMILES string of the molecule is OCc1ccn(Cc2ccncc2)c1. The van der Waals surface area contributed by atoms with E-state index in [4.69, 9.17) is 5.11 Å². The molecule has 0 unspecified atom stereocenters. The molecule has 72 valence electrons. The van der Waals surface area contributed by atoms with Gasteiger partial charge >= 0.3 is 0 Å². The second-order valence-corrected chi connectivity index (χ2v) is 3.21. The van der Waals surface area contributed by atoms with Crippen molar-refractivity contribution >= 4 is 0 Å². The lowest BCUT2D eigenvalue weighted by Crippen LogP contribution is -1.96. The normalized spacial score (nSPS) is 10.4. The Kier molecular flexibility index (Phi) is 2.60. The van der Waals surface area contributed by atoms with Crippen LogP contribution in [-0.2, 0) is 13.2 Å². The van der Waals surface area contributed by atoms with Crippen LogP contribution in [-0.4, -0.2) is 14.7 Å². The maximum atomic E-state index is 8.89. The van der Waals surface area contributed by atoms with Crippen LogP contribution in [0.4, 0.5) is 0 Å².